The predicted molar refractivity (Wildman–Crippen MR) is 46.4 cm³/mol. The van der Waals surface area contributed by atoms with Gasteiger partial charge >= 0.3 is 0 Å². The van der Waals surface area contributed by atoms with Crippen LogP contribution in [-0.2, 0) is 4.79 Å². The van der Waals surface area contributed by atoms with E-state index in [0.717, 1.165) is 19.1 Å². The largest absolute Gasteiger partial charge is 0.303 e. The molecule has 0 aromatic rings. The summed E-state index contributed by atoms with van der Waals surface area (Å²) in [6, 6.07) is 0. The molecule has 0 saturated carbocycles. The molecule has 11 heavy (non-hydrogen) atoms. The molecular weight excluding hydrogens is 136 g/mol. The first-order chi connectivity index (χ1) is 5.38. The first kappa shape index (κ1) is 8.51. The van der Waals surface area contributed by atoms with Crippen LogP contribution in [0.25, 0.3) is 0 Å². The zero-order valence-corrected chi connectivity index (χ0v) is 7.18. The van der Waals surface area contributed by atoms with Crippen molar-refractivity contribution in [1.29, 1.82) is 0 Å². The van der Waals surface area contributed by atoms with Crippen molar-refractivity contribution in [3.63, 3.8) is 0 Å². The van der Waals surface area contributed by atoms with Crippen molar-refractivity contribution >= 4 is 6.29 Å². The molecule has 0 aromatic heterocycles. The zero-order valence-electron chi connectivity index (χ0n) is 7.18. The van der Waals surface area contributed by atoms with Gasteiger partial charge in [0, 0.05) is 5.92 Å². The summed E-state index contributed by atoms with van der Waals surface area (Å²) in [6.45, 7) is 2.08. The number of rotatable bonds is 3. The molecule has 1 heteroatoms. The molecular formula is C10H16O. The summed E-state index contributed by atoms with van der Waals surface area (Å²) >= 11 is 0. The van der Waals surface area contributed by atoms with Gasteiger partial charge in [0.2, 0.25) is 0 Å². The number of carbonyl (C=O) groups is 1. The van der Waals surface area contributed by atoms with Gasteiger partial charge in [-0.15, -0.1) is 0 Å². The molecule has 0 bridgehead atoms. The standard InChI is InChI=1S/C10H16O/c1-2-9(8-11)10-6-4-3-5-7-10/h6,8-9H,2-5,7H2,1H3. The van der Waals surface area contributed by atoms with E-state index in [1.165, 1.54) is 24.8 Å². The van der Waals surface area contributed by atoms with Crippen LogP contribution in [0.1, 0.15) is 39.0 Å². The quantitative estimate of drug-likeness (QED) is 0.449. The SMILES string of the molecule is CCC(C=O)C1=CCCCC1. The minimum Gasteiger partial charge on any atom is -0.303 e. The van der Waals surface area contributed by atoms with Gasteiger partial charge < -0.3 is 4.79 Å². The summed E-state index contributed by atoms with van der Waals surface area (Å²) in [7, 11) is 0. The highest BCUT2D eigenvalue weighted by Crippen LogP contribution is 2.24. The number of allylic oxidation sites excluding steroid dienone is 2. The van der Waals surface area contributed by atoms with E-state index >= 15 is 0 Å². The summed E-state index contributed by atoms with van der Waals surface area (Å²) in [4.78, 5) is 10.6. The van der Waals surface area contributed by atoms with Gasteiger partial charge in [-0.25, -0.2) is 0 Å². The summed E-state index contributed by atoms with van der Waals surface area (Å²) in [5.74, 6) is 0.218. The molecule has 1 rings (SSSR count). The van der Waals surface area contributed by atoms with Crippen molar-refractivity contribution in [2.75, 3.05) is 0 Å². The van der Waals surface area contributed by atoms with Crippen LogP contribution >= 0.6 is 0 Å². The molecule has 0 radical (unpaired) electrons. The van der Waals surface area contributed by atoms with Crippen molar-refractivity contribution in [1.82, 2.24) is 0 Å². The Balaban J connectivity index is 2.55. The Morgan fingerprint density at radius 2 is 2.45 bits per heavy atom. The predicted octanol–water partition coefficient (Wildman–Crippen LogP) is 2.71. The topological polar surface area (TPSA) is 17.1 Å². The maximum absolute atomic E-state index is 10.6. The highest BCUT2D eigenvalue weighted by Gasteiger charge is 2.12. The molecule has 62 valence electrons. The lowest BCUT2D eigenvalue weighted by Gasteiger charge is -2.16. The number of carbonyl (C=O) groups excluding carboxylic acids is 1. The molecule has 0 heterocycles. The smallest absolute Gasteiger partial charge is 0.127 e. The van der Waals surface area contributed by atoms with E-state index in [4.69, 9.17) is 0 Å². The minimum atomic E-state index is 0.218. The third-order valence-corrected chi connectivity index (χ3v) is 2.41. The number of hydrogen-bond donors (Lipinski definition) is 0. The summed E-state index contributed by atoms with van der Waals surface area (Å²) in [5, 5.41) is 0. The van der Waals surface area contributed by atoms with Crippen molar-refractivity contribution in [3.8, 4) is 0 Å². The van der Waals surface area contributed by atoms with Crippen LogP contribution in [0.15, 0.2) is 11.6 Å². The lowest BCUT2D eigenvalue weighted by molar-refractivity contribution is -0.110. The minimum absolute atomic E-state index is 0.218. The van der Waals surface area contributed by atoms with Crippen LogP contribution in [-0.4, -0.2) is 6.29 Å². The molecule has 0 saturated heterocycles. The fraction of sp³-hybridized carbons (Fsp3) is 0.700. The lowest BCUT2D eigenvalue weighted by atomic mass is 9.89. The van der Waals surface area contributed by atoms with Crippen LogP contribution < -0.4 is 0 Å². The third-order valence-electron chi connectivity index (χ3n) is 2.41. The third kappa shape index (κ3) is 2.18. The van der Waals surface area contributed by atoms with Gasteiger partial charge in [0.25, 0.3) is 0 Å². The fourth-order valence-corrected chi connectivity index (χ4v) is 1.65. The van der Waals surface area contributed by atoms with Gasteiger partial charge in [-0.1, -0.05) is 18.6 Å². The molecule has 1 aliphatic carbocycles. The zero-order chi connectivity index (χ0) is 8.10. The Hall–Kier alpha value is -0.590. The Morgan fingerprint density at radius 1 is 1.64 bits per heavy atom. The second-order valence-corrected chi connectivity index (χ2v) is 3.18. The maximum Gasteiger partial charge on any atom is 0.127 e. The van der Waals surface area contributed by atoms with Crippen molar-refractivity contribution in [2.45, 2.75) is 39.0 Å². The summed E-state index contributed by atoms with van der Waals surface area (Å²) in [5.41, 5.74) is 1.38. The van der Waals surface area contributed by atoms with Crippen LogP contribution in [0.3, 0.4) is 0 Å². The van der Waals surface area contributed by atoms with Gasteiger partial charge in [-0.05, 0) is 32.1 Å². The Kier molecular flexibility index (Phi) is 3.34. The van der Waals surface area contributed by atoms with E-state index < -0.39 is 0 Å². The van der Waals surface area contributed by atoms with Crippen LogP contribution in [0.2, 0.25) is 0 Å². The molecule has 0 amide bonds. The van der Waals surface area contributed by atoms with Gasteiger partial charge in [0.15, 0.2) is 0 Å². The molecule has 1 aliphatic rings. The van der Waals surface area contributed by atoms with Gasteiger partial charge in [0.05, 0.1) is 0 Å². The van der Waals surface area contributed by atoms with E-state index in [1.54, 1.807) is 0 Å². The van der Waals surface area contributed by atoms with Crippen LogP contribution in [0, 0.1) is 5.92 Å². The Bertz CT molecular complexity index is 158. The van der Waals surface area contributed by atoms with E-state index in [9.17, 15) is 4.79 Å². The second-order valence-electron chi connectivity index (χ2n) is 3.18. The second kappa shape index (κ2) is 4.32. The van der Waals surface area contributed by atoms with E-state index in [0.29, 0.717) is 0 Å². The van der Waals surface area contributed by atoms with E-state index in [2.05, 4.69) is 13.0 Å². The first-order valence-electron chi connectivity index (χ1n) is 4.52. The average Bonchev–Trinajstić information content (AvgIpc) is 2.09. The molecule has 0 fully saturated rings. The van der Waals surface area contributed by atoms with Crippen molar-refractivity contribution < 1.29 is 4.79 Å². The number of aldehydes is 1. The first-order valence-corrected chi connectivity index (χ1v) is 4.52. The molecule has 1 unspecified atom stereocenters. The van der Waals surface area contributed by atoms with Gasteiger partial charge in [-0.3, -0.25) is 0 Å². The monoisotopic (exact) mass is 152 g/mol. The molecule has 0 N–H and O–H groups in total. The number of hydrogen-bond acceptors (Lipinski definition) is 1. The normalized spacial score (nSPS) is 20.6. The van der Waals surface area contributed by atoms with Crippen LogP contribution in [0.4, 0.5) is 0 Å². The molecule has 1 nitrogen and oxygen atoms in total. The fourth-order valence-electron chi connectivity index (χ4n) is 1.65. The van der Waals surface area contributed by atoms with E-state index in [1.807, 2.05) is 0 Å². The Morgan fingerprint density at radius 3 is 2.91 bits per heavy atom. The lowest BCUT2D eigenvalue weighted by Crippen LogP contribution is -2.06. The van der Waals surface area contributed by atoms with E-state index in [-0.39, 0.29) is 5.92 Å². The van der Waals surface area contributed by atoms with Crippen molar-refractivity contribution in [3.05, 3.63) is 11.6 Å². The highest BCUT2D eigenvalue weighted by molar-refractivity contribution is 5.58. The molecule has 0 aliphatic heterocycles. The van der Waals surface area contributed by atoms with Gasteiger partial charge in [0.1, 0.15) is 6.29 Å². The van der Waals surface area contributed by atoms with Crippen molar-refractivity contribution in [2.24, 2.45) is 5.92 Å². The highest BCUT2D eigenvalue weighted by atomic mass is 16.1. The van der Waals surface area contributed by atoms with Crippen LogP contribution in [0.5, 0.6) is 0 Å². The maximum atomic E-state index is 10.6. The van der Waals surface area contributed by atoms with Gasteiger partial charge in [-0.2, -0.15) is 0 Å². The Labute approximate surface area is 68.5 Å². The molecule has 0 spiro atoms. The molecule has 0 aromatic carbocycles. The molecule has 1 atom stereocenters. The summed E-state index contributed by atoms with van der Waals surface area (Å²) < 4.78 is 0. The average molecular weight is 152 g/mol. The summed E-state index contributed by atoms with van der Waals surface area (Å²) in [6.07, 6.45) is 9.23.